The minimum atomic E-state index is 0.230. The topological polar surface area (TPSA) is 21.3 Å². The van der Waals surface area contributed by atoms with Crippen molar-refractivity contribution in [2.45, 2.75) is 33.4 Å². The van der Waals surface area contributed by atoms with Gasteiger partial charge in [-0.25, -0.2) is 0 Å². The van der Waals surface area contributed by atoms with E-state index in [-0.39, 0.29) is 6.10 Å². The highest BCUT2D eigenvalue weighted by Crippen LogP contribution is 2.20. The van der Waals surface area contributed by atoms with Gasteiger partial charge in [-0.15, -0.1) is 0 Å². The van der Waals surface area contributed by atoms with Gasteiger partial charge in [0.15, 0.2) is 0 Å². The van der Waals surface area contributed by atoms with Gasteiger partial charge in [0.05, 0.1) is 6.10 Å². The summed E-state index contributed by atoms with van der Waals surface area (Å²) in [6, 6.07) is 6.28. The van der Waals surface area contributed by atoms with Crippen LogP contribution in [-0.4, -0.2) is 13.2 Å². The molecule has 2 nitrogen and oxygen atoms in total. The first kappa shape index (κ1) is 11.1. The maximum absolute atomic E-state index is 5.71. The van der Waals surface area contributed by atoms with Crippen LogP contribution in [-0.2, 0) is 6.54 Å². The summed E-state index contributed by atoms with van der Waals surface area (Å²) in [6.45, 7) is 7.04. The number of ether oxygens (including phenoxy) is 1. The molecule has 0 aliphatic carbocycles. The smallest absolute Gasteiger partial charge is 0.124 e. The van der Waals surface area contributed by atoms with Crippen molar-refractivity contribution in [1.29, 1.82) is 0 Å². The molecule has 0 spiro atoms. The second kappa shape index (κ2) is 5.01. The average molecular weight is 193 g/mol. The molecule has 0 atom stereocenters. The lowest BCUT2D eigenvalue weighted by Gasteiger charge is -2.14. The zero-order valence-electron chi connectivity index (χ0n) is 9.42. The lowest BCUT2D eigenvalue weighted by molar-refractivity contribution is 0.239. The molecule has 1 rings (SSSR count). The highest BCUT2D eigenvalue weighted by atomic mass is 16.5. The summed E-state index contributed by atoms with van der Waals surface area (Å²) in [6.07, 6.45) is 0.230. The van der Waals surface area contributed by atoms with Crippen molar-refractivity contribution in [2.24, 2.45) is 0 Å². The summed E-state index contributed by atoms with van der Waals surface area (Å²) in [5, 5.41) is 3.14. The van der Waals surface area contributed by atoms with Crippen LogP contribution in [0.2, 0.25) is 0 Å². The molecule has 0 amide bonds. The number of rotatable bonds is 4. The molecule has 0 unspecified atom stereocenters. The summed E-state index contributed by atoms with van der Waals surface area (Å²) >= 11 is 0. The number of hydrogen-bond acceptors (Lipinski definition) is 2. The molecule has 0 saturated carbocycles. The van der Waals surface area contributed by atoms with Crippen LogP contribution in [0.4, 0.5) is 0 Å². The van der Waals surface area contributed by atoms with E-state index in [1.54, 1.807) is 0 Å². The predicted molar refractivity (Wildman–Crippen MR) is 59.7 cm³/mol. The van der Waals surface area contributed by atoms with Crippen molar-refractivity contribution >= 4 is 0 Å². The van der Waals surface area contributed by atoms with Gasteiger partial charge in [-0.05, 0) is 33.9 Å². The Morgan fingerprint density at radius 3 is 2.64 bits per heavy atom. The molecule has 2 heteroatoms. The minimum absolute atomic E-state index is 0.230. The normalized spacial score (nSPS) is 10.6. The van der Waals surface area contributed by atoms with Gasteiger partial charge in [-0.2, -0.15) is 0 Å². The molecule has 78 valence electrons. The summed E-state index contributed by atoms with van der Waals surface area (Å²) in [7, 11) is 1.95. The fourth-order valence-electron chi connectivity index (χ4n) is 1.41. The number of nitrogens with one attached hydrogen (secondary N) is 1. The third-order valence-corrected chi connectivity index (χ3v) is 1.95. The van der Waals surface area contributed by atoms with Gasteiger partial charge in [-0.3, -0.25) is 0 Å². The fourth-order valence-corrected chi connectivity index (χ4v) is 1.41. The summed E-state index contributed by atoms with van der Waals surface area (Å²) in [5.41, 5.74) is 2.49. The van der Waals surface area contributed by atoms with E-state index in [0.717, 1.165) is 12.3 Å². The Kier molecular flexibility index (Phi) is 3.96. The zero-order chi connectivity index (χ0) is 10.6. The van der Waals surface area contributed by atoms with E-state index in [0.29, 0.717) is 0 Å². The maximum atomic E-state index is 5.71. The quantitative estimate of drug-likeness (QED) is 0.793. The highest BCUT2D eigenvalue weighted by molar-refractivity contribution is 5.36. The molecule has 0 radical (unpaired) electrons. The van der Waals surface area contributed by atoms with Crippen molar-refractivity contribution in [2.75, 3.05) is 7.05 Å². The second-order valence-electron chi connectivity index (χ2n) is 3.81. The van der Waals surface area contributed by atoms with E-state index in [4.69, 9.17) is 4.74 Å². The Bertz CT molecular complexity index is 294. The number of hydrogen-bond donors (Lipinski definition) is 1. The molecule has 0 aliphatic rings. The Balaban J connectivity index is 2.89. The van der Waals surface area contributed by atoms with Crippen molar-refractivity contribution in [3.05, 3.63) is 29.3 Å². The van der Waals surface area contributed by atoms with Gasteiger partial charge in [0.25, 0.3) is 0 Å². The standard InChI is InChI=1S/C12H19NO/c1-9(2)14-12-6-5-10(3)7-11(12)8-13-4/h5-7,9,13H,8H2,1-4H3. The van der Waals surface area contributed by atoms with E-state index < -0.39 is 0 Å². The van der Waals surface area contributed by atoms with Gasteiger partial charge in [0.1, 0.15) is 5.75 Å². The molecule has 0 aromatic heterocycles. The molecular weight excluding hydrogens is 174 g/mol. The molecular formula is C12H19NO. The molecule has 0 bridgehead atoms. The van der Waals surface area contributed by atoms with Crippen LogP contribution in [0.3, 0.4) is 0 Å². The third-order valence-electron chi connectivity index (χ3n) is 1.95. The van der Waals surface area contributed by atoms with Gasteiger partial charge >= 0.3 is 0 Å². The average Bonchev–Trinajstić information content (AvgIpc) is 2.09. The zero-order valence-corrected chi connectivity index (χ0v) is 9.42. The van der Waals surface area contributed by atoms with Gasteiger partial charge in [-0.1, -0.05) is 17.7 Å². The van der Waals surface area contributed by atoms with E-state index >= 15 is 0 Å². The van der Waals surface area contributed by atoms with Crippen LogP contribution >= 0.6 is 0 Å². The maximum Gasteiger partial charge on any atom is 0.124 e. The van der Waals surface area contributed by atoms with E-state index in [1.807, 2.05) is 27.0 Å². The minimum Gasteiger partial charge on any atom is -0.491 e. The summed E-state index contributed by atoms with van der Waals surface area (Å²) in [5.74, 6) is 0.986. The highest BCUT2D eigenvalue weighted by Gasteiger charge is 2.04. The molecule has 0 heterocycles. The molecule has 1 N–H and O–H groups in total. The molecule has 0 saturated heterocycles. The Morgan fingerprint density at radius 2 is 2.07 bits per heavy atom. The fraction of sp³-hybridized carbons (Fsp3) is 0.500. The van der Waals surface area contributed by atoms with Crippen LogP contribution in [0, 0.1) is 6.92 Å². The summed E-state index contributed by atoms with van der Waals surface area (Å²) in [4.78, 5) is 0. The molecule has 0 fully saturated rings. The van der Waals surface area contributed by atoms with Crippen molar-refractivity contribution in [3.63, 3.8) is 0 Å². The van der Waals surface area contributed by atoms with Crippen LogP contribution < -0.4 is 10.1 Å². The van der Waals surface area contributed by atoms with E-state index in [2.05, 4.69) is 24.4 Å². The number of aryl methyl sites for hydroxylation is 1. The first-order valence-corrected chi connectivity index (χ1v) is 5.04. The second-order valence-corrected chi connectivity index (χ2v) is 3.81. The first-order chi connectivity index (χ1) is 6.63. The summed E-state index contributed by atoms with van der Waals surface area (Å²) < 4.78 is 5.71. The molecule has 1 aromatic rings. The monoisotopic (exact) mass is 193 g/mol. The van der Waals surface area contributed by atoms with Crippen LogP contribution in [0.25, 0.3) is 0 Å². The predicted octanol–water partition coefficient (Wildman–Crippen LogP) is 2.50. The Labute approximate surface area is 86.3 Å². The van der Waals surface area contributed by atoms with Crippen molar-refractivity contribution < 1.29 is 4.74 Å². The largest absolute Gasteiger partial charge is 0.491 e. The first-order valence-electron chi connectivity index (χ1n) is 5.04. The van der Waals surface area contributed by atoms with Crippen LogP contribution in [0.1, 0.15) is 25.0 Å². The Hall–Kier alpha value is -1.02. The lowest BCUT2D eigenvalue weighted by atomic mass is 10.1. The molecule has 14 heavy (non-hydrogen) atoms. The van der Waals surface area contributed by atoms with Crippen molar-refractivity contribution in [1.82, 2.24) is 5.32 Å². The van der Waals surface area contributed by atoms with E-state index in [1.165, 1.54) is 11.1 Å². The molecule has 0 aliphatic heterocycles. The van der Waals surface area contributed by atoms with Crippen LogP contribution in [0.5, 0.6) is 5.75 Å². The lowest BCUT2D eigenvalue weighted by Crippen LogP contribution is -2.11. The molecule has 1 aromatic carbocycles. The van der Waals surface area contributed by atoms with Crippen LogP contribution in [0.15, 0.2) is 18.2 Å². The van der Waals surface area contributed by atoms with Gasteiger partial charge in [0.2, 0.25) is 0 Å². The van der Waals surface area contributed by atoms with E-state index in [9.17, 15) is 0 Å². The Morgan fingerprint density at radius 1 is 1.36 bits per heavy atom. The van der Waals surface area contributed by atoms with Gasteiger partial charge in [0, 0.05) is 12.1 Å². The number of benzene rings is 1. The van der Waals surface area contributed by atoms with Crippen molar-refractivity contribution in [3.8, 4) is 5.75 Å². The third kappa shape index (κ3) is 3.04. The SMILES string of the molecule is CNCc1cc(C)ccc1OC(C)C. The van der Waals surface area contributed by atoms with Gasteiger partial charge < -0.3 is 10.1 Å².